The molecule has 1 aromatic rings. The van der Waals surface area contributed by atoms with Gasteiger partial charge in [0.15, 0.2) is 0 Å². The third kappa shape index (κ3) is 4.30. The Morgan fingerprint density at radius 2 is 2.05 bits per heavy atom. The number of rotatable bonds is 4. The summed E-state index contributed by atoms with van der Waals surface area (Å²) in [5, 5.41) is 4.47. The molecule has 0 aromatic heterocycles. The SMILES string of the molecule is C[C@H](SC1CCCC1)C(=O)Nc1cc(Cl)ccc1Cl. The van der Waals surface area contributed by atoms with Crippen LogP contribution in [0, 0.1) is 0 Å². The molecule has 1 fully saturated rings. The number of carbonyl (C=O) groups is 1. The Hall–Kier alpha value is -0.380. The van der Waals surface area contributed by atoms with Gasteiger partial charge >= 0.3 is 0 Å². The van der Waals surface area contributed by atoms with Crippen molar-refractivity contribution >= 4 is 46.6 Å². The second kappa shape index (κ2) is 6.87. The van der Waals surface area contributed by atoms with Crippen LogP contribution in [0.1, 0.15) is 32.6 Å². The van der Waals surface area contributed by atoms with Gasteiger partial charge in [-0.2, -0.15) is 0 Å². The molecule has 1 aromatic carbocycles. The molecule has 1 N–H and O–H groups in total. The van der Waals surface area contributed by atoms with Gasteiger partial charge in [-0.1, -0.05) is 36.0 Å². The van der Waals surface area contributed by atoms with Crippen molar-refractivity contribution in [3.05, 3.63) is 28.2 Å². The van der Waals surface area contributed by atoms with Gasteiger partial charge in [0.05, 0.1) is 16.0 Å². The topological polar surface area (TPSA) is 29.1 Å². The average molecular weight is 318 g/mol. The molecule has 1 amide bonds. The Kier molecular flexibility index (Phi) is 5.43. The highest BCUT2D eigenvalue weighted by Crippen LogP contribution is 2.33. The van der Waals surface area contributed by atoms with Gasteiger partial charge in [-0.15, -0.1) is 11.8 Å². The van der Waals surface area contributed by atoms with E-state index in [9.17, 15) is 4.79 Å². The molecular weight excluding hydrogens is 301 g/mol. The fourth-order valence-electron chi connectivity index (χ4n) is 2.20. The van der Waals surface area contributed by atoms with E-state index in [0.29, 0.717) is 21.0 Å². The van der Waals surface area contributed by atoms with E-state index >= 15 is 0 Å². The molecule has 1 saturated carbocycles. The highest BCUT2D eigenvalue weighted by atomic mass is 35.5. The number of hydrogen-bond donors (Lipinski definition) is 1. The van der Waals surface area contributed by atoms with Crippen molar-refractivity contribution in [2.24, 2.45) is 0 Å². The molecule has 0 heterocycles. The number of carbonyl (C=O) groups excluding carboxylic acids is 1. The zero-order chi connectivity index (χ0) is 13.8. The fourth-order valence-corrected chi connectivity index (χ4v) is 3.90. The average Bonchev–Trinajstić information content (AvgIpc) is 2.86. The number of thioether (sulfide) groups is 1. The summed E-state index contributed by atoms with van der Waals surface area (Å²) in [5.74, 6) is -0.0129. The van der Waals surface area contributed by atoms with Crippen LogP contribution in [-0.2, 0) is 4.79 Å². The number of anilines is 1. The van der Waals surface area contributed by atoms with Crippen LogP contribution in [0.25, 0.3) is 0 Å². The summed E-state index contributed by atoms with van der Waals surface area (Å²) in [6.45, 7) is 1.94. The molecular formula is C14H17Cl2NOS. The molecule has 0 bridgehead atoms. The van der Waals surface area contributed by atoms with Gasteiger partial charge in [0.1, 0.15) is 0 Å². The monoisotopic (exact) mass is 317 g/mol. The molecule has 19 heavy (non-hydrogen) atoms. The Labute approximate surface area is 128 Å². The minimum atomic E-state index is -0.0712. The van der Waals surface area contributed by atoms with Gasteiger partial charge < -0.3 is 5.32 Å². The molecule has 0 radical (unpaired) electrons. The molecule has 0 unspecified atom stereocenters. The van der Waals surface area contributed by atoms with Gasteiger partial charge in [-0.25, -0.2) is 0 Å². The molecule has 1 aliphatic carbocycles. The number of benzene rings is 1. The maximum atomic E-state index is 12.1. The highest BCUT2D eigenvalue weighted by Gasteiger charge is 2.22. The number of nitrogens with one attached hydrogen (secondary N) is 1. The lowest BCUT2D eigenvalue weighted by atomic mass is 10.3. The van der Waals surface area contributed by atoms with Crippen molar-refractivity contribution < 1.29 is 4.79 Å². The quantitative estimate of drug-likeness (QED) is 0.847. The standard InChI is InChI=1S/C14H17Cl2NOS/c1-9(19-11-4-2-3-5-11)14(18)17-13-8-10(15)6-7-12(13)16/h6-9,11H,2-5H2,1H3,(H,17,18)/t9-/m0/s1. The van der Waals surface area contributed by atoms with Gasteiger partial charge in [-0.05, 0) is 38.0 Å². The summed E-state index contributed by atoms with van der Waals surface area (Å²) in [6.07, 6.45) is 5.01. The van der Waals surface area contributed by atoms with Crippen LogP contribution in [0.4, 0.5) is 5.69 Å². The second-order valence-electron chi connectivity index (χ2n) is 4.80. The van der Waals surface area contributed by atoms with E-state index in [1.165, 1.54) is 25.7 Å². The largest absolute Gasteiger partial charge is 0.324 e. The van der Waals surface area contributed by atoms with Gasteiger partial charge in [0.25, 0.3) is 0 Å². The zero-order valence-electron chi connectivity index (χ0n) is 10.8. The molecule has 104 valence electrons. The molecule has 2 rings (SSSR count). The fraction of sp³-hybridized carbons (Fsp3) is 0.500. The summed E-state index contributed by atoms with van der Waals surface area (Å²) >= 11 is 13.7. The van der Waals surface area contributed by atoms with E-state index in [1.807, 2.05) is 6.92 Å². The summed E-state index contributed by atoms with van der Waals surface area (Å²) in [6, 6.07) is 5.07. The lowest BCUT2D eigenvalue weighted by Crippen LogP contribution is -2.24. The Morgan fingerprint density at radius 1 is 1.37 bits per heavy atom. The van der Waals surface area contributed by atoms with Crippen molar-refractivity contribution in [1.29, 1.82) is 0 Å². The normalized spacial score (nSPS) is 17.4. The molecule has 5 heteroatoms. The highest BCUT2D eigenvalue weighted by molar-refractivity contribution is 8.01. The molecule has 0 saturated heterocycles. The van der Waals surface area contributed by atoms with E-state index in [4.69, 9.17) is 23.2 Å². The van der Waals surface area contributed by atoms with Crippen LogP contribution in [0.5, 0.6) is 0 Å². The van der Waals surface area contributed by atoms with Crippen LogP contribution in [0.2, 0.25) is 10.0 Å². The third-order valence-electron chi connectivity index (χ3n) is 3.25. The minimum Gasteiger partial charge on any atom is -0.324 e. The smallest absolute Gasteiger partial charge is 0.237 e. The predicted octanol–water partition coefficient (Wildman–Crippen LogP) is 5.00. The van der Waals surface area contributed by atoms with Crippen molar-refractivity contribution in [2.45, 2.75) is 43.1 Å². The maximum absolute atomic E-state index is 12.1. The first-order valence-corrected chi connectivity index (χ1v) is 8.17. The van der Waals surface area contributed by atoms with E-state index < -0.39 is 0 Å². The van der Waals surface area contributed by atoms with Gasteiger partial charge in [-0.3, -0.25) is 4.79 Å². The van der Waals surface area contributed by atoms with Crippen LogP contribution in [0.3, 0.4) is 0 Å². The maximum Gasteiger partial charge on any atom is 0.237 e. The van der Waals surface area contributed by atoms with Crippen molar-refractivity contribution in [2.75, 3.05) is 5.32 Å². The van der Waals surface area contributed by atoms with Crippen molar-refractivity contribution in [3.8, 4) is 0 Å². The summed E-state index contributed by atoms with van der Waals surface area (Å²) < 4.78 is 0. The number of amides is 1. The molecule has 2 nitrogen and oxygen atoms in total. The first kappa shape index (κ1) is 15.0. The van der Waals surface area contributed by atoms with Crippen molar-refractivity contribution in [3.63, 3.8) is 0 Å². The van der Waals surface area contributed by atoms with E-state index in [1.54, 1.807) is 30.0 Å². The van der Waals surface area contributed by atoms with Gasteiger partial charge in [0, 0.05) is 10.3 Å². The molecule has 1 aliphatic rings. The Balaban J connectivity index is 1.93. The molecule has 1 atom stereocenters. The third-order valence-corrected chi connectivity index (χ3v) is 5.30. The molecule has 0 aliphatic heterocycles. The first-order chi connectivity index (χ1) is 9.06. The molecule has 0 spiro atoms. The Bertz CT molecular complexity index is 461. The second-order valence-corrected chi connectivity index (χ2v) is 7.29. The lowest BCUT2D eigenvalue weighted by molar-refractivity contribution is -0.115. The zero-order valence-corrected chi connectivity index (χ0v) is 13.1. The summed E-state index contributed by atoms with van der Waals surface area (Å²) in [4.78, 5) is 12.1. The van der Waals surface area contributed by atoms with Crippen molar-refractivity contribution in [1.82, 2.24) is 0 Å². The minimum absolute atomic E-state index is 0.0129. The van der Waals surface area contributed by atoms with E-state index in [-0.39, 0.29) is 11.2 Å². The van der Waals surface area contributed by atoms with Gasteiger partial charge in [0.2, 0.25) is 5.91 Å². The summed E-state index contributed by atoms with van der Waals surface area (Å²) in [7, 11) is 0. The van der Waals surface area contributed by atoms with Crippen LogP contribution in [0.15, 0.2) is 18.2 Å². The number of hydrogen-bond acceptors (Lipinski definition) is 2. The van der Waals surface area contributed by atoms with E-state index in [2.05, 4.69) is 5.32 Å². The summed E-state index contributed by atoms with van der Waals surface area (Å²) in [5.41, 5.74) is 0.582. The predicted molar refractivity (Wildman–Crippen MR) is 84.4 cm³/mol. The lowest BCUT2D eigenvalue weighted by Gasteiger charge is -2.16. The van der Waals surface area contributed by atoms with Crippen LogP contribution in [-0.4, -0.2) is 16.4 Å². The van der Waals surface area contributed by atoms with Crippen LogP contribution < -0.4 is 5.32 Å². The first-order valence-electron chi connectivity index (χ1n) is 6.47. The Morgan fingerprint density at radius 3 is 2.74 bits per heavy atom. The van der Waals surface area contributed by atoms with E-state index in [0.717, 1.165) is 0 Å². The number of halogens is 2. The van der Waals surface area contributed by atoms with Crippen LogP contribution >= 0.6 is 35.0 Å².